The molecule has 1 saturated heterocycles. The maximum atomic E-state index is 12.3. The van der Waals surface area contributed by atoms with Crippen molar-refractivity contribution >= 4 is 11.7 Å². The second-order valence-electron chi connectivity index (χ2n) is 10.0. The number of likely N-dealkylation sites (tertiary alicyclic amines) is 1. The maximum absolute atomic E-state index is 12.3. The molecule has 0 bridgehead atoms. The minimum Gasteiger partial charge on any atom is -0.444 e. The highest BCUT2D eigenvalue weighted by atomic mass is 16.6. The van der Waals surface area contributed by atoms with Gasteiger partial charge in [-0.2, -0.15) is 0 Å². The van der Waals surface area contributed by atoms with Crippen LogP contribution in [0.15, 0.2) is 36.9 Å². The van der Waals surface area contributed by atoms with Crippen molar-refractivity contribution in [3.63, 3.8) is 0 Å². The summed E-state index contributed by atoms with van der Waals surface area (Å²) in [6.07, 6.45) is 13.5. The highest BCUT2D eigenvalue weighted by Gasteiger charge is 2.35. The first-order valence-electron chi connectivity index (χ1n) is 11.4. The van der Waals surface area contributed by atoms with Gasteiger partial charge in [-0.25, -0.2) is 14.5 Å². The number of piperidine rings is 1. The first-order chi connectivity index (χ1) is 15.6. The average molecular weight is 455 g/mol. The topological polar surface area (TPSA) is 87.3 Å². The molecule has 2 aromatic heterocycles. The lowest BCUT2D eigenvalue weighted by Crippen LogP contribution is -2.42. The Morgan fingerprint density at radius 2 is 1.94 bits per heavy atom. The summed E-state index contributed by atoms with van der Waals surface area (Å²) in [4.78, 5) is 18.4. The van der Waals surface area contributed by atoms with Crippen molar-refractivity contribution in [2.24, 2.45) is 0 Å². The van der Waals surface area contributed by atoms with Crippen molar-refractivity contribution in [1.82, 2.24) is 29.4 Å². The van der Waals surface area contributed by atoms with E-state index in [4.69, 9.17) is 9.47 Å². The van der Waals surface area contributed by atoms with Crippen molar-refractivity contribution in [3.8, 4) is 0 Å². The molecule has 2 atom stereocenters. The van der Waals surface area contributed by atoms with Crippen LogP contribution in [-0.2, 0) is 9.47 Å². The molecule has 0 spiro atoms. The average Bonchev–Trinajstić information content (AvgIpc) is 3.42. The van der Waals surface area contributed by atoms with Crippen LogP contribution >= 0.6 is 0 Å². The molecule has 2 aliphatic rings. The molecule has 9 heteroatoms. The first kappa shape index (κ1) is 23.2. The van der Waals surface area contributed by atoms with E-state index in [0.717, 1.165) is 29.8 Å². The molecule has 2 unspecified atom stereocenters. The van der Waals surface area contributed by atoms with E-state index in [1.807, 2.05) is 51.1 Å². The van der Waals surface area contributed by atoms with Gasteiger partial charge in [0.1, 0.15) is 16.9 Å². The molecule has 178 valence electrons. The number of carbonyl (C=O) groups is 1. The van der Waals surface area contributed by atoms with Crippen LogP contribution in [0.1, 0.15) is 64.0 Å². The van der Waals surface area contributed by atoms with Crippen LogP contribution in [0.5, 0.6) is 0 Å². The first-order valence-corrected chi connectivity index (χ1v) is 11.4. The molecule has 1 aliphatic heterocycles. The van der Waals surface area contributed by atoms with E-state index in [0.29, 0.717) is 13.1 Å². The van der Waals surface area contributed by atoms with Crippen LogP contribution < -0.4 is 0 Å². The zero-order chi connectivity index (χ0) is 23.8. The number of rotatable bonds is 4. The lowest BCUT2D eigenvalue weighted by Gasteiger charge is -2.35. The Hall–Kier alpha value is -2.94. The standard InChI is InChI=1S/C24H34N6O3/c1-17-14-29(16-25-17)21-8-7-18(13-24(21,5)32-6)20-15-30(27-26-20)19-9-11-28(12-10-19)22(31)33-23(2,3)4/h7-8,13-16,19,21H,9-12H2,1-6H3. The predicted molar refractivity (Wildman–Crippen MR) is 125 cm³/mol. The summed E-state index contributed by atoms with van der Waals surface area (Å²) in [7, 11) is 1.72. The number of carbonyl (C=O) groups excluding carboxylic acids is 1. The van der Waals surface area contributed by atoms with Crippen molar-refractivity contribution in [2.45, 2.75) is 70.7 Å². The summed E-state index contributed by atoms with van der Waals surface area (Å²) in [5.74, 6) is 0. The molecule has 4 rings (SSSR count). The number of nitrogens with zero attached hydrogens (tertiary/aromatic N) is 6. The Morgan fingerprint density at radius 3 is 2.55 bits per heavy atom. The Balaban J connectivity index is 1.44. The van der Waals surface area contributed by atoms with E-state index in [2.05, 4.69) is 45.0 Å². The third kappa shape index (κ3) is 5.03. The number of aromatic nitrogens is 5. The van der Waals surface area contributed by atoms with Gasteiger partial charge < -0.3 is 18.9 Å². The highest BCUT2D eigenvalue weighted by molar-refractivity contribution is 5.74. The van der Waals surface area contributed by atoms with Crippen molar-refractivity contribution < 1.29 is 14.3 Å². The van der Waals surface area contributed by atoms with Crippen LogP contribution in [0.25, 0.3) is 5.57 Å². The molecule has 1 amide bonds. The fourth-order valence-corrected chi connectivity index (χ4v) is 4.38. The number of allylic oxidation sites excluding steroid dienone is 2. The molecule has 33 heavy (non-hydrogen) atoms. The molecule has 0 saturated carbocycles. The molecule has 9 nitrogen and oxygen atoms in total. The van der Waals surface area contributed by atoms with Crippen LogP contribution in [0.4, 0.5) is 4.79 Å². The quantitative estimate of drug-likeness (QED) is 0.695. The number of amides is 1. The fourth-order valence-electron chi connectivity index (χ4n) is 4.38. The van der Waals surface area contributed by atoms with Gasteiger partial charge in [0.05, 0.1) is 30.3 Å². The molecule has 1 aliphatic carbocycles. The summed E-state index contributed by atoms with van der Waals surface area (Å²) >= 11 is 0. The molecule has 0 radical (unpaired) electrons. The molecule has 2 aromatic rings. The lowest BCUT2D eigenvalue weighted by atomic mass is 9.87. The number of methoxy groups -OCH3 is 1. The Kier molecular flexibility index (Phi) is 6.18. The summed E-state index contributed by atoms with van der Waals surface area (Å²) < 4.78 is 15.4. The van der Waals surface area contributed by atoms with Crippen molar-refractivity contribution in [3.05, 3.63) is 48.3 Å². The van der Waals surface area contributed by atoms with Gasteiger partial charge in [-0.15, -0.1) is 5.10 Å². The summed E-state index contributed by atoms with van der Waals surface area (Å²) in [5, 5.41) is 8.83. The third-order valence-corrected chi connectivity index (χ3v) is 6.28. The van der Waals surface area contributed by atoms with Crippen LogP contribution in [0, 0.1) is 6.92 Å². The van der Waals surface area contributed by atoms with Gasteiger partial charge in [0, 0.05) is 32.0 Å². The number of hydrogen-bond acceptors (Lipinski definition) is 6. The number of ether oxygens (including phenoxy) is 2. The second kappa shape index (κ2) is 8.78. The number of aryl methyl sites for hydroxylation is 1. The summed E-state index contributed by atoms with van der Waals surface area (Å²) in [6.45, 7) is 11.0. The monoisotopic (exact) mass is 454 g/mol. The highest BCUT2D eigenvalue weighted by Crippen LogP contribution is 2.37. The van der Waals surface area contributed by atoms with E-state index in [-0.39, 0.29) is 18.2 Å². The van der Waals surface area contributed by atoms with Crippen molar-refractivity contribution in [1.29, 1.82) is 0 Å². The molecule has 3 heterocycles. The predicted octanol–water partition coefficient (Wildman–Crippen LogP) is 3.95. The Bertz CT molecular complexity index is 1050. The lowest BCUT2D eigenvalue weighted by molar-refractivity contribution is 0.0173. The zero-order valence-corrected chi connectivity index (χ0v) is 20.4. The number of imidazole rings is 1. The van der Waals surface area contributed by atoms with E-state index in [9.17, 15) is 4.79 Å². The molecular formula is C24H34N6O3. The van der Waals surface area contributed by atoms with E-state index >= 15 is 0 Å². The van der Waals surface area contributed by atoms with Crippen LogP contribution in [0.2, 0.25) is 0 Å². The zero-order valence-electron chi connectivity index (χ0n) is 20.4. The Labute approximate surface area is 195 Å². The fraction of sp³-hybridized carbons (Fsp3) is 0.583. The Morgan fingerprint density at radius 1 is 1.21 bits per heavy atom. The van der Waals surface area contributed by atoms with Crippen molar-refractivity contribution in [2.75, 3.05) is 20.2 Å². The van der Waals surface area contributed by atoms with Gasteiger partial charge >= 0.3 is 6.09 Å². The van der Waals surface area contributed by atoms with Gasteiger partial charge in [-0.05, 0) is 53.5 Å². The summed E-state index contributed by atoms with van der Waals surface area (Å²) in [6, 6.07) is 0.202. The smallest absolute Gasteiger partial charge is 0.410 e. The van der Waals surface area contributed by atoms with Crippen LogP contribution in [0.3, 0.4) is 0 Å². The maximum Gasteiger partial charge on any atom is 0.410 e. The SMILES string of the molecule is COC1(C)C=C(c2cn(C3CCN(C(=O)OC(C)(C)C)CC3)nn2)C=CC1n1cnc(C)c1. The molecule has 0 N–H and O–H groups in total. The minimum absolute atomic E-state index is 0.000299. The molecule has 0 aromatic carbocycles. The largest absolute Gasteiger partial charge is 0.444 e. The molecular weight excluding hydrogens is 420 g/mol. The second-order valence-corrected chi connectivity index (χ2v) is 10.0. The van der Waals surface area contributed by atoms with Gasteiger partial charge in [-0.1, -0.05) is 17.4 Å². The van der Waals surface area contributed by atoms with E-state index in [1.54, 1.807) is 12.0 Å². The van der Waals surface area contributed by atoms with E-state index < -0.39 is 11.2 Å². The third-order valence-electron chi connectivity index (χ3n) is 6.28. The van der Waals surface area contributed by atoms with Crippen LogP contribution in [-0.4, -0.2) is 66.9 Å². The summed E-state index contributed by atoms with van der Waals surface area (Å²) in [5.41, 5.74) is 1.73. The number of hydrogen-bond donors (Lipinski definition) is 0. The van der Waals surface area contributed by atoms with Gasteiger partial charge in [0.2, 0.25) is 0 Å². The van der Waals surface area contributed by atoms with Gasteiger partial charge in [0.15, 0.2) is 0 Å². The van der Waals surface area contributed by atoms with E-state index in [1.165, 1.54) is 0 Å². The van der Waals surface area contributed by atoms with Gasteiger partial charge in [0.25, 0.3) is 0 Å². The normalized spacial score (nSPS) is 24.1. The minimum atomic E-state index is -0.542. The van der Waals surface area contributed by atoms with Gasteiger partial charge in [-0.3, -0.25) is 0 Å². The molecule has 1 fully saturated rings.